The van der Waals surface area contributed by atoms with Crippen molar-refractivity contribution in [2.75, 3.05) is 13.1 Å². The molecule has 2 aliphatic carbocycles. The maximum Gasteiger partial charge on any atom is 0.410 e. The van der Waals surface area contributed by atoms with Crippen LogP contribution in [-0.2, 0) is 14.2 Å². The van der Waals surface area contributed by atoms with Crippen LogP contribution < -0.4 is 16.3 Å². The predicted octanol–water partition coefficient (Wildman–Crippen LogP) is 9.38. The van der Waals surface area contributed by atoms with Crippen molar-refractivity contribution < 1.29 is 51.3 Å². The van der Waals surface area contributed by atoms with Crippen molar-refractivity contribution in [2.45, 2.75) is 133 Å². The summed E-state index contributed by atoms with van der Waals surface area (Å²) in [5, 5.41) is 16.0. The van der Waals surface area contributed by atoms with Crippen LogP contribution in [0.4, 0.5) is 31.9 Å². The number of ether oxygens (including phenoxy) is 3. The van der Waals surface area contributed by atoms with Crippen LogP contribution in [0.5, 0.6) is 0 Å². The van der Waals surface area contributed by atoms with E-state index in [9.17, 15) is 37.5 Å². The Kier molecular flexibility index (Phi) is 15.6. The first kappa shape index (κ1) is 52.8. The molecule has 4 aromatic heterocycles. The Hall–Kier alpha value is -7.49. The van der Waals surface area contributed by atoms with E-state index in [1.165, 1.54) is 49.1 Å². The third kappa shape index (κ3) is 12.0. The van der Waals surface area contributed by atoms with E-state index in [-0.39, 0.29) is 47.8 Å². The maximum atomic E-state index is 15.2. The molecule has 6 aromatic rings. The number of pyridine rings is 1. The van der Waals surface area contributed by atoms with Gasteiger partial charge >= 0.3 is 24.0 Å². The number of halogens is 4. The number of hydrogen-bond acceptors (Lipinski definition) is 13. The highest BCUT2D eigenvalue weighted by atomic mass is 19.2. The number of aromatic nitrogens is 7. The van der Waals surface area contributed by atoms with E-state index in [0.29, 0.717) is 60.6 Å². The van der Waals surface area contributed by atoms with Crippen LogP contribution in [0.1, 0.15) is 156 Å². The van der Waals surface area contributed by atoms with Crippen LogP contribution in [0.3, 0.4) is 0 Å². The number of piperidine rings is 1. The van der Waals surface area contributed by atoms with E-state index < -0.39 is 88.9 Å². The Balaban J connectivity index is 0.000000223. The zero-order chi connectivity index (χ0) is 53.1. The third-order valence-electron chi connectivity index (χ3n) is 12.9. The molecule has 1 fully saturated rings. The molecule has 1 saturated heterocycles. The van der Waals surface area contributed by atoms with E-state index in [2.05, 4.69) is 40.5 Å². The van der Waals surface area contributed by atoms with Crippen molar-refractivity contribution in [1.82, 2.24) is 50.0 Å². The van der Waals surface area contributed by atoms with Gasteiger partial charge in [0.2, 0.25) is 0 Å². The van der Waals surface area contributed by atoms with Gasteiger partial charge in [0.25, 0.3) is 0 Å². The topological polar surface area (TPSA) is 229 Å². The van der Waals surface area contributed by atoms with Crippen molar-refractivity contribution >= 4 is 29.4 Å². The number of imidazole rings is 1. The van der Waals surface area contributed by atoms with Crippen LogP contribution >= 0.6 is 0 Å². The lowest BCUT2D eigenvalue weighted by molar-refractivity contribution is 0.0468. The molecule has 6 atom stereocenters. The number of aliphatic hydroxyl groups excluding tert-OH is 1. The highest BCUT2D eigenvalue weighted by Gasteiger charge is 2.41. The number of fused-ring (bicyclic) bond motifs is 3. The van der Waals surface area contributed by atoms with Crippen molar-refractivity contribution in [1.29, 1.82) is 0 Å². The molecule has 392 valence electrons. The molecule has 18 nitrogen and oxygen atoms in total. The second-order valence-electron chi connectivity index (χ2n) is 20.3. The van der Waals surface area contributed by atoms with Gasteiger partial charge in [-0.1, -0.05) is 24.3 Å². The summed E-state index contributed by atoms with van der Waals surface area (Å²) in [6.45, 7) is 11.0. The van der Waals surface area contributed by atoms with E-state index >= 15 is 4.39 Å². The summed E-state index contributed by atoms with van der Waals surface area (Å²) < 4.78 is 76.5. The Morgan fingerprint density at radius 1 is 0.635 bits per heavy atom. The molecule has 3 aliphatic rings. The van der Waals surface area contributed by atoms with Gasteiger partial charge in [-0.3, -0.25) is 29.5 Å². The number of likely N-dealkylation sites (tertiary alicyclic amines) is 1. The Labute approximate surface area is 423 Å². The zero-order valence-electron chi connectivity index (χ0n) is 41.7. The van der Waals surface area contributed by atoms with Gasteiger partial charge in [0, 0.05) is 62.0 Å². The third-order valence-corrected chi connectivity index (χ3v) is 12.9. The van der Waals surface area contributed by atoms with E-state index in [4.69, 9.17) is 14.2 Å². The van der Waals surface area contributed by atoms with Gasteiger partial charge in [0.1, 0.15) is 23.0 Å². The summed E-state index contributed by atoms with van der Waals surface area (Å²) in [7, 11) is 0. The number of H-pyrrole nitrogens is 1. The molecule has 74 heavy (non-hydrogen) atoms. The number of aromatic amines is 1. The number of alkyl carbamates (subject to hydrolysis) is 2. The Morgan fingerprint density at radius 3 is 1.68 bits per heavy atom. The summed E-state index contributed by atoms with van der Waals surface area (Å²) in [5.41, 5.74) is 0.772. The van der Waals surface area contributed by atoms with Gasteiger partial charge < -0.3 is 34.9 Å². The average Bonchev–Trinajstić information content (AvgIpc) is 3.53. The number of amides is 3. The summed E-state index contributed by atoms with van der Waals surface area (Å²) in [6, 6.07) is 9.50. The number of nitrogens with zero attached hydrogens (tertiary/aromatic N) is 7. The smallest absolute Gasteiger partial charge is 0.410 e. The largest absolute Gasteiger partial charge is 0.444 e. The van der Waals surface area contributed by atoms with Gasteiger partial charge in [0.05, 0.1) is 40.8 Å². The van der Waals surface area contributed by atoms with Gasteiger partial charge in [0.15, 0.2) is 28.9 Å². The van der Waals surface area contributed by atoms with Gasteiger partial charge in [-0.25, -0.2) is 41.7 Å². The molecule has 2 aromatic carbocycles. The lowest BCUT2D eigenvalue weighted by Crippen LogP contribution is -2.41. The first-order valence-electron chi connectivity index (χ1n) is 24.3. The monoisotopic (exact) mass is 1030 g/mol. The molecule has 0 unspecified atom stereocenters. The summed E-state index contributed by atoms with van der Waals surface area (Å²) in [6.07, 6.45) is 5.54. The van der Waals surface area contributed by atoms with Crippen molar-refractivity contribution in [3.63, 3.8) is 0 Å². The molecule has 22 heteroatoms. The SMILES string of the molecule is CC(C)(C)OC(=O)N[C@@H]1c2nccnc2[C@H](O)CC[C@H]1c1cccc(F)c1F.CC(C)(C)OC(=O)N[C@@H]1c2nccnc2[C@H](OC(=O)N2CCC(n3c(=O)[nH]c4ncccc43)CC2)CC[C@H]1c1cccc(F)c1F. The standard InChI is InChI=1S/C32H35F2N7O5.C20H23F2N3O3/c1-32(2,3)46-30(43)38-25-20(19-6-4-7-21(33)24(19)34)9-10-23(26-27(25)36-15-14-35-26)45-31(44)40-16-11-18(12-17-40)41-22-8-5-13-37-28(22)39-29(41)42;1-20(2,3)28-19(27)25-16-12(11-5-4-6-13(21)15(11)22)7-8-14(26)17-18(16)24-10-9-23-17/h4-8,13-15,18,20,23,25H,9-12,16-17H2,1-3H3,(H,38,43)(H,37,39,42);4-6,9-10,12,14,16,26H,7-8H2,1-3H3,(H,25,27)/t20-,23+,25-;12-,14+,16-/m00/s1. The fourth-order valence-electron chi connectivity index (χ4n) is 9.79. The fraction of sp³-hybridized carbons (Fsp3) is 0.442. The lowest BCUT2D eigenvalue weighted by atomic mass is 9.86. The molecular formula is C52H58F4N10O8. The van der Waals surface area contributed by atoms with Crippen LogP contribution in [0, 0.1) is 23.3 Å². The molecule has 5 heterocycles. The molecule has 0 radical (unpaired) electrons. The number of carbonyl (C=O) groups excluding carboxylic acids is 3. The normalized spacial score (nSPS) is 21.1. The number of aliphatic hydroxyl groups is 1. The number of benzene rings is 2. The highest BCUT2D eigenvalue weighted by molar-refractivity contribution is 5.71. The first-order valence-corrected chi connectivity index (χ1v) is 24.3. The van der Waals surface area contributed by atoms with Crippen LogP contribution in [0.2, 0.25) is 0 Å². The molecule has 0 saturated carbocycles. The van der Waals surface area contributed by atoms with E-state index in [1.807, 2.05) is 6.07 Å². The second-order valence-corrected chi connectivity index (χ2v) is 20.3. The van der Waals surface area contributed by atoms with Gasteiger partial charge in [-0.05, 0) is 115 Å². The lowest BCUT2D eigenvalue weighted by Gasteiger charge is -2.32. The molecule has 0 spiro atoms. The molecule has 0 bridgehead atoms. The molecule has 3 amide bonds. The number of carbonyl (C=O) groups is 3. The highest BCUT2D eigenvalue weighted by Crippen LogP contribution is 2.45. The van der Waals surface area contributed by atoms with Crippen molar-refractivity contribution in [3.8, 4) is 0 Å². The fourth-order valence-corrected chi connectivity index (χ4v) is 9.79. The van der Waals surface area contributed by atoms with E-state index in [0.717, 1.165) is 12.1 Å². The van der Waals surface area contributed by atoms with Gasteiger partial charge in [-0.2, -0.15) is 0 Å². The number of rotatable bonds is 6. The second kappa shape index (κ2) is 21.9. The number of nitrogens with one attached hydrogen (secondary N) is 3. The quantitative estimate of drug-likeness (QED) is 0.0693. The summed E-state index contributed by atoms with van der Waals surface area (Å²) >= 11 is 0. The minimum absolute atomic E-state index is 0.0504. The van der Waals surface area contributed by atoms with Crippen LogP contribution in [-0.4, -0.2) is 87.0 Å². The van der Waals surface area contributed by atoms with E-state index in [1.54, 1.807) is 63.3 Å². The van der Waals surface area contributed by atoms with Crippen LogP contribution in [0.15, 0.2) is 84.3 Å². The number of hydrogen-bond donors (Lipinski definition) is 4. The van der Waals surface area contributed by atoms with Crippen LogP contribution in [0.25, 0.3) is 11.2 Å². The Morgan fingerprint density at radius 2 is 1.14 bits per heavy atom. The maximum absolute atomic E-state index is 15.2. The molecular weight excluding hydrogens is 969 g/mol. The molecule has 4 N–H and O–H groups in total. The minimum atomic E-state index is -1.03. The summed E-state index contributed by atoms with van der Waals surface area (Å²) in [5.74, 6) is -5.44. The first-order chi connectivity index (χ1) is 35.2. The molecule has 1 aliphatic heterocycles. The molecule has 9 rings (SSSR count). The minimum Gasteiger partial charge on any atom is -0.444 e. The predicted molar refractivity (Wildman–Crippen MR) is 259 cm³/mol. The summed E-state index contributed by atoms with van der Waals surface area (Å²) in [4.78, 5) is 77.6. The average molecular weight is 1030 g/mol. The van der Waals surface area contributed by atoms with Crippen molar-refractivity contribution in [2.24, 2.45) is 0 Å². The Bertz CT molecular complexity index is 3060. The van der Waals surface area contributed by atoms with Crippen molar-refractivity contribution in [3.05, 3.63) is 147 Å². The van der Waals surface area contributed by atoms with Gasteiger partial charge in [-0.15, -0.1) is 0 Å². The zero-order valence-corrected chi connectivity index (χ0v) is 41.7.